The second-order valence-electron chi connectivity index (χ2n) is 7.41. The van der Waals surface area contributed by atoms with Crippen molar-refractivity contribution in [2.24, 2.45) is 0 Å². The molecule has 1 saturated heterocycles. The monoisotopic (exact) mass is 406 g/mol. The summed E-state index contributed by atoms with van der Waals surface area (Å²) in [5, 5.41) is 1.43. The Hall–Kier alpha value is -2.54. The number of para-hydroxylation sites is 1. The first-order valence-corrected chi connectivity index (χ1v) is 10.8. The molecule has 3 aromatic carbocycles. The molecule has 6 heteroatoms. The summed E-state index contributed by atoms with van der Waals surface area (Å²) < 4.78 is 9.61. The molecule has 5 nitrogen and oxygen atoms in total. The molecule has 0 saturated carbocycles. The van der Waals surface area contributed by atoms with E-state index in [2.05, 4.69) is 15.5 Å². The van der Waals surface area contributed by atoms with Crippen molar-refractivity contribution in [1.29, 1.82) is 0 Å². The first-order valence-electron chi connectivity index (χ1n) is 10.0. The van der Waals surface area contributed by atoms with Crippen molar-refractivity contribution >= 4 is 42.5 Å². The fourth-order valence-corrected chi connectivity index (χ4v) is 5.26. The molecule has 0 N–H and O–H groups in total. The number of nitrogens with zero attached hydrogens (tertiary/aromatic N) is 2. The molecule has 0 bridgehead atoms. The van der Waals surface area contributed by atoms with Crippen LogP contribution in [0.15, 0.2) is 58.1 Å². The van der Waals surface area contributed by atoms with E-state index in [9.17, 15) is 9.59 Å². The molecule has 0 radical (unpaired) electrons. The highest BCUT2D eigenvalue weighted by molar-refractivity contribution is 7.24. The Balaban J connectivity index is 1.69. The van der Waals surface area contributed by atoms with E-state index < -0.39 is 0 Å². The lowest BCUT2D eigenvalue weighted by molar-refractivity contribution is 0.0370. The van der Waals surface area contributed by atoms with Gasteiger partial charge in [-0.05, 0) is 24.6 Å². The lowest BCUT2D eigenvalue weighted by Gasteiger charge is -2.26. The van der Waals surface area contributed by atoms with E-state index >= 15 is 0 Å². The Bertz CT molecular complexity index is 1320. The highest BCUT2D eigenvalue weighted by Crippen LogP contribution is 2.29. The Morgan fingerprint density at radius 1 is 0.862 bits per heavy atom. The van der Waals surface area contributed by atoms with Gasteiger partial charge in [0.25, 0.3) is 5.43 Å². The number of morpholine rings is 1. The van der Waals surface area contributed by atoms with E-state index in [1.54, 1.807) is 11.3 Å². The molecule has 1 aliphatic rings. The zero-order chi connectivity index (χ0) is 19.8. The molecular formula is C23H22N2O3S. The van der Waals surface area contributed by atoms with Crippen LogP contribution in [0.2, 0.25) is 0 Å². The fourth-order valence-electron chi connectivity index (χ4n) is 4.16. The van der Waals surface area contributed by atoms with Crippen LogP contribution in [0.25, 0.3) is 31.2 Å². The number of benzene rings is 2. The van der Waals surface area contributed by atoms with Crippen molar-refractivity contribution in [3.8, 4) is 0 Å². The highest BCUT2D eigenvalue weighted by atomic mass is 32.1. The van der Waals surface area contributed by atoms with Gasteiger partial charge in [0.15, 0.2) is 0 Å². The largest absolute Gasteiger partial charge is 0.379 e. The normalized spacial score (nSPS) is 15.4. The Morgan fingerprint density at radius 3 is 2.41 bits per heavy atom. The molecule has 5 rings (SSSR count). The van der Waals surface area contributed by atoms with Crippen LogP contribution >= 0.6 is 11.3 Å². The highest BCUT2D eigenvalue weighted by Gasteiger charge is 2.19. The van der Waals surface area contributed by atoms with Gasteiger partial charge in [0.05, 0.1) is 28.8 Å². The van der Waals surface area contributed by atoms with Gasteiger partial charge in [0.1, 0.15) is 5.52 Å². The molecule has 0 spiro atoms. The van der Waals surface area contributed by atoms with Gasteiger partial charge in [-0.2, -0.15) is 0 Å². The maximum Gasteiger partial charge on any atom is 0.250 e. The third-order valence-corrected chi connectivity index (χ3v) is 6.79. The zero-order valence-electron chi connectivity index (χ0n) is 16.1. The van der Waals surface area contributed by atoms with Crippen molar-refractivity contribution in [2.75, 3.05) is 32.8 Å². The minimum atomic E-state index is -0.372. The van der Waals surface area contributed by atoms with E-state index in [0.29, 0.717) is 17.4 Å². The minimum absolute atomic E-state index is 0.370. The number of ether oxygens (including phenoxy) is 1. The molecule has 1 aliphatic heterocycles. The van der Waals surface area contributed by atoms with Crippen molar-refractivity contribution in [2.45, 2.75) is 13.0 Å². The molecule has 29 heavy (non-hydrogen) atoms. The summed E-state index contributed by atoms with van der Waals surface area (Å²) in [6, 6.07) is 16.0. The smallest absolute Gasteiger partial charge is 0.250 e. The molecule has 148 valence electrons. The first-order chi connectivity index (χ1) is 14.2. The van der Waals surface area contributed by atoms with Crippen LogP contribution in [0.5, 0.6) is 0 Å². The van der Waals surface area contributed by atoms with Crippen LogP contribution in [0.1, 0.15) is 6.42 Å². The third-order valence-electron chi connectivity index (χ3n) is 5.65. The summed E-state index contributed by atoms with van der Waals surface area (Å²) in [7, 11) is 0. The molecule has 0 atom stereocenters. The van der Waals surface area contributed by atoms with Gasteiger partial charge >= 0.3 is 0 Å². The average molecular weight is 407 g/mol. The van der Waals surface area contributed by atoms with Crippen molar-refractivity contribution < 1.29 is 4.74 Å². The van der Waals surface area contributed by atoms with Crippen LogP contribution in [0.3, 0.4) is 0 Å². The molecule has 2 heterocycles. The zero-order valence-corrected chi connectivity index (χ0v) is 16.9. The van der Waals surface area contributed by atoms with Gasteiger partial charge in [-0.1, -0.05) is 30.3 Å². The first kappa shape index (κ1) is 18.5. The third kappa shape index (κ3) is 3.27. The Morgan fingerprint density at radius 2 is 1.59 bits per heavy atom. The van der Waals surface area contributed by atoms with Crippen molar-refractivity contribution in [3.63, 3.8) is 0 Å². The average Bonchev–Trinajstić information content (AvgIpc) is 2.76. The lowest BCUT2D eigenvalue weighted by Crippen LogP contribution is -2.37. The van der Waals surface area contributed by atoms with Gasteiger partial charge < -0.3 is 9.30 Å². The van der Waals surface area contributed by atoms with E-state index in [1.165, 1.54) is 0 Å². The summed E-state index contributed by atoms with van der Waals surface area (Å²) in [5.41, 5.74) is 0.813. The van der Waals surface area contributed by atoms with Gasteiger partial charge in [-0.15, -0.1) is 11.3 Å². The van der Waals surface area contributed by atoms with E-state index in [0.717, 1.165) is 59.6 Å². The maximum atomic E-state index is 12.7. The molecule has 1 fully saturated rings. The summed E-state index contributed by atoms with van der Waals surface area (Å²) >= 11 is 1.66. The Kier molecular flexibility index (Phi) is 4.91. The fraction of sp³-hybridized carbons (Fsp3) is 0.304. The standard InChI is InChI=1S/C23H22N2O3S/c26-22-20-16-6-1-3-8-18(16)29-19-9-4-2-7-17(19)25(21(20)23(22)27)11-5-10-24-12-14-28-15-13-24/h1-4,6-9H,5,10-15H2. The van der Waals surface area contributed by atoms with Crippen LogP contribution in [-0.2, 0) is 11.3 Å². The Labute approximate surface area is 171 Å². The summed E-state index contributed by atoms with van der Waals surface area (Å²) in [5.74, 6) is 0. The number of hydrogen-bond acceptors (Lipinski definition) is 5. The number of fused-ring (bicyclic) bond motifs is 4. The SMILES string of the molecule is O=c1c(=O)c2c1c1ccccc1sc1ccccc1n2CCCN1CCOCC1. The topological polar surface area (TPSA) is 51.5 Å². The molecule has 0 aliphatic carbocycles. The summed E-state index contributed by atoms with van der Waals surface area (Å²) in [4.78, 5) is 27.6. The van der Waals surface area contributed by atoms with E-state index in [-0.39, 0.29) is 10.9 Å². The second-order valence-corrected chi connectivity index (χ2v) is 8.49. The predicted octanol–water partition coefficient (Wildman–Crippen LogP) is 3.45. The van der Waals surface area contributed by atoms with Gasteiger partial charge in [0.2, 0.25) is 5.43 Å². The van der Waals surface area contributed by atoms with E-state index in [4.69, 9.17) is 4.74 Å². The van der Waals surface area contributed by atoms with Crippen molar-refractivity contribution in [1.82, 2.24) is 9.47 Å². The van der Waals surface area contributed by atoms with Crippen LogP contribution in [0, 0.1) is 0 Å². The van der Waals surface area contributed by atoms with Gasteiger partial charge in [-0.25, -0.2) is 0 Å². The van der Waals surface area contributed by atoms with Gasteiger partial charge in [0, 0.05) is 36.3 Å². The number of aryl methyl sites for hydroxylation is 1. The van der Waals surface area contributed by atoms with Crippen LogP contribution in [-0.4, -0.2) is 42.3 Å². The minimum Gasteiger partial charge on any atom is -0.379 e. The lowest BCUT2D eigenvalue weighted by atomic mass is 10.1. The van der Waals surface area contributed by atoms with Crippen LogP contribution < -0.4 is 10.9 Å². The summed E-state index contributed by atoms with van der Waals surface area (Å²) in [6.45, 7) is 5.12. The predicted molar refractivity (Wildman–Crippen MR) is 119 cm³/mol. The molecule has 4 aromatic rings. The summed E-state index contributed by atoms with van der Waals surface area (Å²) in [6.07, 6.45) is 0.916. The van der Waals surface area contributed by atoms with Crippen LogP contribution in [0.4, 0.5) is 0 Å². The number of hydrogen-bond donors (Lipinski definition) is 0. The molecule has 0 unspecified atom stereocenters. The molecular weight excluding hydrogens is 384 g/mol. The number of aromatic nitrogens is 1. The quantitative estimate of drug-likeness (QED) is 0.487. The van der Waals surface area contributed by atoms with Crippen molar-refractivity contribution in [3.05, 3.63) is 69.0 Å². The van der Waals surface area contributed by atoms with Gasteiger partial charge in [-0.3, -0.25) is 14.5 Å². The maximum absolute atomic E-state index is 12.7. The molecule has 1 aromatic heterocycles. The van der Waals surface area contributed by atoms with E-state index in [1.807, 2.05) is 42.5 Å². The molecule has 0 amide bonds. The number of rotatable bonds is 4. The second kappa shape index (κ2) is 7.71.